The van der Waals surface area contributed by atoms with E-state index in [1.165, 1.54) is 0 Å². The number of carbonyl (C=O) groups is 2. The minimum atomic E-state index is -0.569. The third kappa shape index (κ3) is 2.74. The average Bonchev–Trinajstić information content (AvgIpc) is 2.88. The van der Waals surface area contributed by atoms with Gasteiger partial charge in [0.05, 0.1) is 5.54 Å². The lowest BCUT2D eigenvalue weighted by atomic mass is 9.99. The minimum absolute atomic E-state index is 0.0238. The lowest BCUT2D eigenvalue weighted by Crippen LogP contribution is -2.62. The van der Waals surface area contributed by atoms with Gasteiger partial charge < -0.3 is 16.0 Å². The van der Waals surface area contributed by atoms with Crippen LogP contribution in [0.5, 0.6) is 0 Å². The van der Waals surface area contributed by atoms with Crippen molar-refractivity contribution in [2.24, 2.45) is 5.73 Å². The van der Waals surface area contributed by atoms with Crippen LogP contribution in [0.3, 0.4) is 0 Å². The van der Waals surface area contributed by atoms with E-state index < -0.39 is 11.6 Å². The van der Waals surface area contributed by atoms with E-state index in [4.69, 9.17) is 5.73 Å². The summed E-state index contributed by atoms with van der Waals surface area (Å²) < 4.78 is 0. The second-order valence-electron chi connectivity index (χ2n) is 5.86. The fourth-order valence-corrected chi connectivity index (χ4v) is 3.02. The number of carbonyl (C=O) groups excluding carboxylic acids is 2. The van der Waals surface area contributed by atoms with E-state index in [9.17, 15) is 9.59 Å². The fraction of sp³-hybridized carbons (Fsp3) is 0.846. The third-order valence-corrected chi connectivity index (χ3v) is 4.27. The molecule has 0 aromatic rings. The zero-order chi connectivity index (χ0) is 14.0. The molecule has 2 fully saturated rings. The van der Waals surface area contributed by atoms with Crippen LogP contribution in [0.25, 0.3) is 0 Å². The lowest BCUT2D eigenvalue weighted by molar-refractivity contribution is -0.147. The number of likely N-dealkylation sites (tertiary alicyclic amines) is 1. The van der Waals surface area contributed by atoms with Crippen molar-refractivity contribution in [2.75, 3.05) is 32.7 Å². The van der Waals surface area contributed by atoms with Gasteiger partial charge in [0, 0.05) is 32.7 Å². The smallest absolute Gasteiger partial charge is 0.243 e. The van der Waals surface area contributed by atoms with Crippen LogP contribution in [-0.4, -0.2) is 65.9 Å². The van der Waals surface area contributed by atoms with E-state index in [1.54, 1.807) is 4.90 Å². The van der Waals surface area contributed by atoms with Crippen LogP contribution in [0.1, 0.15) is 26.7 Å². The number of amides is 2. The van der Waals surface area contributed by atoms with Crippen LogP contribution in [0.4, 0.5) is 0 Å². The molecule has 6 heteroatoms. The molecule has 1 unspecified atom stereocenters. The summed E-state index contributed by atoms with van der Waals surface area (Å²) in [6.07, 6.45) is 1.55. The monoisotopic (exact) mass is 268 g/mol. The molecule has 108 valence electrons. The van der Waals surface area contributed by atoms with Crippen LogP contribution in [0.15, 0.2) is 0 Å². The van der Waals surface area contributed by atoms with E-state index in [0.717, 1.165) is 32.6 Å². The van der Waals surface area contributed by atoms with Gasteiger partial charge in [0.2, 0.25) is 11.8 Å². The number of hydrogen-bond donors (Lipinski definition) is 2. The van der Waals surface area contributed by atoms with Crippen molar-refractivity contribution in [1.29, 1.82) is 0 Å². The molecule has 6 nitrogen and oxygen atoms in total. The lowest BCUT2D eigenvalue weighted by Gasteiger charge is -2.42. The molecule has 2 heterocycles. The highest BCUT2D eigenvalue weighted by Gasteiger charge is 2.43. The molecular formula is C13H24N4O2. The predicted molar refractivity (Wildman–Crippen MR) is 72.5 cm³/mol. The van der Waals surface area contributed by atoms with E-state index in [2.05, 4.69) is 10.2 Å². The summed E-state index contributed by atoms with van der Waals surface area (Å²) in [5.74, 6) is -0.363. The normalized spacial score (nSPS) is 25.6. The number of nitrogens with zero attached hydrogens (tertiary/aromatic N) is 2. The van der Waals surface area contributed by atoms with E-state index in [1.807, 2.05) is 13.8 Å². The van der Waals surface area contributed by atoms with E-state index in [0.29, 0.717) is 13.0 Å². The van der Waals surface area contributed by atoms with Gasteiger partial charge in [-0.1, -0.05) is 0 Å². The zero-order valence-corrected chi connectivity index (χ0v) is 11.8. The van der Waals surface area contributed by atoms with Gasteiger partial charge in [0.25, 0.3) is 0 Å². The van der Waals surface area contributed by atoms with Crippen LogP contribution in [0.2, 0.25) is 0 Å². The predicted octanol–water partition coefficient (Wildman–Crippen LogP) is -0.853. The van der Waals surface area contributed by atoms with Gasteiger partial charge >= 0.3 is 0 Å². The Hall–Kier alpha value is -1.14. The summed E-state index contributed by atoms with van der Waals surface area (Å²) in [5.41, 5.74) is 4.82. The van der Waals surface area contributed by atoms with Crippen molar-refractivity contribution in [3.8, 4) is 0 Å². The molecule has 2 amide bonds. The number of rotatable bonds is 3. The summed E-state index contributed by atoms with van der Waals surface area (Å²) in [5, 5.41) is 3.28. The molecule has 2 aliphatic rings. The van der Waals surface area contributed by atoms with E-state index in [-0.39, 0.29) is 11.8 Å². The van der Waals surface area contributed by atoms with Gasteiger partial charge in [-0.2, -0.15) is 0 Å². The maximum Gasteiger partial charge on any atom is 0.243 e. The van der Waals surface area contributed by atoms with Gasteiger partial charge in [-0.3, -0.25) is 14.5 Å². The van der Waals surface area contributed by atoms with E-state index >= 15 is 0 Å². The first-order chi connectivity index (χ1) is 8.94. The average molecular weight is 268 g/mol. The van der Waals surface area contributed by atoms with Crippen molar-refractivity contribution in [1.82, 2.24) is 15.1 Å². The molecule has 0 spiro atoms. The quantitative estimate of drug-likeness (QED) is 0.698. The molecule has 0 saturated carbocycles. The summed E-state index contributed by atoms with van der Waals surface area (Å²) in [6.45, 7) is 8.03. The molecule has 2 saturated heterocycles. The Kier molecular flexibility index (Phi) is 4.10. The molecule has 0 aromatic heterocycles. The van der Waals surface area contributed by atoms with Crippen LogP contribution in [-0.2, 0) is 9.59 Å². The van der Waals surface area contributed by atoms with Crippen LogP contribution < -0.4 is 11.1 Å². The Labute approximate surface area is 114 Å². The summed E-state index contributed by atoms with van der Waals surface area (Å²) in [7, 11) is 0. The Balaban J connectivity index is 2.10. The molecule has 0 bridgehead atoms. The first-order valence-corrected chi connectivity index (χ1v) is 7.01. The molecule has 2 rings (SSSR count). The topological polar surface area (TPSA) is 78.7 Å². The summed E-state index contributed by atoms with van der Waals surface area (Å²) in [6, 6.07) is -0.422. The molecule has 0 aliphatic carbocycles. The minimum Gasteiger partial charge on any atom is -0.368 e. The maximum absolute atomic E-state index is 12.7. The van der Waals surface area contributed by atoms with Gasteiger partial charge in [0.15, 0.2) is 0 Å². The Morgan fingerprint density at radius 2 is 1.84 bits per heavy atom. The number of primary amides is 1. The van der Waals surface area contributed by atoms with Crippen molar-refractivity contribution < 1.29 is 9.59 Å². The first kappa shape index (κ1) is 14.3. The highest BCUT2D eigenvalue weighted by Crippen LogP contribution is 2.25. The standard InChI is InChI=1S/C13H24N4O2/c1-13(2,16-8-5-15-6-9-16)12(19)17-7-3-4-10(17)11(14)18/h10,15H,3-9H2,1-2H3,(H2,14,18). The highest BCUT2D eigenvalue weighted by molar-refractivity contribution is 5.91. The highest BCUT2D eigenvalue weighted by atomic mass is 16.2. The van der Waals surface area contributed by atoms with Crippen molar-refractivity contribution in [3.63, 3.8) is 0 Å². The van der Waals surface area contributed by atoms with Crippen LogP contribution >= 0.6 is 0 Å². The van der Waals surface area contributed by atoms with Gasteiger partial charge in [-0.25, -0.2) is 0 Å². The largest absolute Gasteiger partial charge is 0.368 e. The third-order valence-electron chi connectivity index (χ3n) is 4.27. The Morgan fingerprint density at radius 3 is 2.42 bits per heavy atom. The molecule has 2 aliphatic heterocycles. The van der Waals surface area contributed by atoms with Crippen LogP contribution in [0, 0.1) is 0 Å². The second-order valence-corrected chi connectivity index (χ2v) is 5.86. The SMILES string of the molecule is CC(C)(C(=O)N1CCCC1C(N)=O)N1CCNCC1. The first-order valence-electron chi connectivity index (χ1n) is 7.01. The molecule has 19 heavy (non-hydrogen) atoms. The van der Waals surface area contributed by atoms with Gasteiger partial charge in [-0.15, -0.1) is 0 Å². The Bertz CT molecular complexity index is 364. The molecular weight excluding hydrogens is 244 g/mol. The molecule has 1 atom stereocenters. The fourth-order valence-electron chi connectivity index (χ4n) is 3.02. The van der Waals surface area contributed by atoms with Crippen molar-refractivity contribution >= 4 is 11.8 Å². The molecule has 0 radical (unpaired) electrons. The number of nitrogens with two attached hydrogens (primary N) is 1. The second kappa shape index (κ2) is 5.46. The molecule has 0 aromatic carbocycles. The molecule has 3 N–H and O–H groups in total. The number of hydrogen-bond acceptors (Lipinski definition) is 4. The summed E-state index contributed by atoms with van der Waals surface area (Å²) in [4.78, 5) is 28.0. The zero-order valence-electron chi connectivity index (χ0n) is 11.8. The van der Waals surface area contributed by atoms with Gasteiger partial charge in [-0.05, 0) is 26.7 Å². The maximum atomic E-state index is 12.7. The van der Waals surface area contributed by atoms with Crippen molar-refractivity contribution in [2.45, 2.75) is 38.3 Å². The number of piperazine rings is 1. The van der Waals surface area contributed by atoms with Gasteiger partial charge in [0.1, 0.15) is 6.04 Å². The summed E-state index contributed by atoms with van der Waals surface area (Å²) >= 11 is 0. The van der Waals surface area contributed by atoms with Crippen molar-refractivity contribution in [3.05, 3.63) is 0 Å². The Morgan fingerprint density at radius 1 is 1.21 bits per heavy atom. The number of nitrogens with one attached hydrogen (secondary N) is 1.